The highest BCUT2D eigenvalue weighted by molar-refractivity contribution is 7.98. The minimum absolute atomic E-state index is 0.0196. The quantitative estimate of drug-likeness (QED) is 0.159. The standard InChI is InChI=1S/C18H34N4O6S2/c1-9(2)7-11(19)15(24)21-13(8-29)17(26)20-12(5-6-30-4)16(25)22-14(10(3)23)18(27)28/h9-14,23,29H,5-8,19H2,1-4H3,(H,20,26)(H,21,24)(H,22,25)(H,27,28). The maximum Gasteiger partial charge on any atom is 0.328 e. The molecule has 0 saturated heterocycles. The van der Waals surface area contributed by atoms with E-state index < -0.39 is 54.0 Å². The molecule has 0 bridgehead atoms. The molecule has 0 saturated carbocycles. The molecule has 0 aliphatic heterocycles. The highest BCUT2D eigenvalue weighted by Crippen LogP contribution is 2.06. The van der Waals surface area contributed by atoms with Crippen molar-refractivity contribution in [3.05, 3.63) is 0 Å². The van der Waals surface area contributed by atoms with Crippen LogP contribution in [-0.2, 0) is 19.2 Å². The fraction of sp³-hybridized carbons (Fsp3) is 0.778. The Labute approximate surface area is 186 Å². The molecule has 0 aliphatic carbocycles. The minimum Gasteiger partial charge on any atom is -0.480 e. The first-order valence-corrected chi connectivity index (χ1v) is 11.6. The summed E-state index contributed by atoms with van der Waals surface area (Å²) in [6.45, 7) is 5.08. The van der Waals surface area contributed by atoms with E-state index in [2.05, 4.69) is 28.6 Å². The van der Waals surface area contributed by atoms with Crippen LogP contribution in [0.1, 0.15) is 33.6 Å². The number of carbonyl (C=O) groups excluding carboxylic acids is 3. The van der Waals surface area contributed by atoms with E-state index in [1.165, 1.54) is 18.7 Å². The van der Waals surface area contributed by atoms with Crippen molar-refractivity contribution < 1.29 is 29.4 Å². The van der Waals surface area contributed by atoms with Gasteiger partial charge >= 0.3 is 5.97 Å². The molecule has 30 heavy (non-hydrogen) atoms. The lowest BCUT2D eigenvalue weighted by Crippen LogP contribution is -2.58. The lowest BCUT2D eigenvalue weighted by Gasteiger charge is -2.25. The summed E-state index contributed by atoms with van der Waals surface area (Å²) in [5, 5.41) is 26.0. The van der Waals surface area contributed by atoms with Crippen LogP contribution in [0.25, 0.3) is 0 Å². The summed E-state index contributed by atoms with van der Waals surface area (Å²) in [6.07, 6.45) is 1.17. The number of carbonyl (C=O) groups is 4. The highest BCUT2D eigenvalue weighted by atomic mass is 32.2. The van der Waals surface area contributed by atoms with Crippen LogP contribution in [-0.4, -0.2) is 81.9 Å². The molecule has 174 valence electrons. The predicted octanol–water partition coefficient (Wildman–Crippen LogP) is -1.04. The summed E-state index contributed by atoms with van der Waals surface area (Å²) in [4.78, 5) is 48.6. The van der Waals surface area contributed by atoms with Gasteiger partial charge in [-0.3, -0.25) is 14.4 Å². The van der Waals surface area contributed by atoms with Crippen molar-refractivity contribution in [2.24, 2.45) is 11.7 Å². The van der Waals surface area contributed by atoms with Crippen LogP contribution < -0.4 is 21.7 Å². The number of aliphatic hydroxyl groups excluding tert-OH is 1. The topological polar surface area (TPSA) is 171 Å². The second-order valence-electron chi connectivity index (χ2n) is 7.39. The van der Waals surface area contributed by atoms with Gasteiger partial charge in [0.05, 0.1) is 12.1 Å². The van der Waals surface area contributed by atoms with E-state index in [9.17, 15) is 24.3 Å². The average molecular weight is 467 g/mol. The van der Waals surface area contributed by atoms with Crippen molar-refractivity contribution in [1.82, 2.24) is 16.0 Å². The van der Waals surface area contributed by atoms with Crippen molar-refractivity contribution in [3.63, 3.8) is 0 Å². The maximum atomic E-state index is 12.6. The Kier molecular flexibility index (Phi) is 13.8. The average Bonchev–Trinajstić information content (AvgIpc) is 2.65. The Morgan fingerprint density at radius 2 is 1.53 bits per heavy atom. The number of carboxylic acids is 1. The third kappa shape index (κ3) is 10.5. The summed E-state index contributed by atoms with van der Waals surface area (Å²) in [7, 11) is 0. The lowest BCUT2D eigenvalue weighted by atomic mass is 10.0. The molecule has 5 unspecified atom stereocenters. The Balaban J connectivity index is 5.19. The maximum absolute atomic E-state index is 12.6. The monoisotopic (exact) mass is 466 g/mol. The van der Waals surface area contributed by atoms with Crippen LogP contribution in [0.5, 0.6) is 0 Å². The summed E-state index contributed by atoms with van der Waals surface area (Å²) in [6, 6.07) is -4.36. The summed E-state index contributed by atoms with van der Waals surface area (Å²) in [5.41, 5.74) is 5.83. The van der Waals surface area contributed by atoms with E-state index in [0.29, 0.717) is 12.2 Å². The zero-order chi connectivity index (χ0) is 23.4. The molecular weight excluding hydrogens is 432 g/mol. The molecule has 10 nitrogen and oxygen atoms in total. The second kappa shape index (κ2) is 14.5. The SMILES string of the molecule is CSCCC(NC(=O)C(CS)NC(=O)C(N)CC(C)C)C(=O)NC(C(=O)O)C(C)O. The Morgan fingerprint density at radius 3 is 1.97 bits per heavy atom. The first-order valence-electron chi connectivity index (χ1n) is 9.61. The van der Waals surface area contributed by atoms with Crippen molar-refractivity contribution in [2.45, 2.75) is 63.9 Å². The van der Waals surface area contributed by atoms with Gasteiger partial charge in [-0.05, 0) is 37.7 Å². The minimum atomic E-state index is -1.51. The molecular formula is C18H34N4O6S2. The van der Waals surface area contributed by atoms with Gasteiger partial charge in [0.15, 0.2) is 6.04 Å². The molecule has 3 amide bonds. The number of aliphatic hydroxyl groups is 1. The van der Waals surface area contributed by atoms with Gasteiger partial charge in [-0.1, -0.05) is 13.8 Å². The number of thioether (sulfide) groups is 1. The van der Waals surface area contributed by atoms with Crippen LogP contribution in [0.15, 0.2) is 0 Å². The molecule has 0 aromatic heterocycles. The summed E-state index contributed by atoms with van der Waals surface area (Å²) in [5.74, 6) is -2.58. The Hall–Kier alpha value is -1.50. The van der Waals surface area contributed by atoms with Gasteiger partial charge in [0.1, 0.15) is 12.1 Å². The van der Waals surface area contributed by atoms with Gasteiger partial charge < -0.3 is 31.9 Å². The molecule has 0 aliphatic rings. The van der Waals surface area contributed by atoms with E-state index in [4.69, 9.17) is 10.8 Å². The third-order valence-electron chi connectivity index (χ3n) is 4.17. The molecule has 7 N–H and O–H groups in total. The van der Waals surface area contributed by atoms with Crippen molar-refractivity contribution >= 4 is 48.1 Å². The fourth-order valence-corrected chi connectivity index (χ4v) is 3.24. The smallest absolute Gasteiger partial charge is 0.328 e. The molecule has 0 fully saturated rings. The van der Waals surface area contributed by atoms with E-state index in [1.807, 2.05) is 20.1 Å². The molecule has 5 atom stereocenters. The number of nitrogens with two attached hydrogens (primary N) is 1. The van der Waals surface area contributed by atoms with Crippen LogP contribution >= 0.6 is 24.4 Å². The third-order valence-corrected chi connectivity index (χ3v) is 5.18. The first-order chi connectivity index (χ1) is 13.9. The second-order valence-corrected chi connectivity index (χ2v) is 8.74. The van der Waals surface area contributed by atoms with Gasteiger partial charge in [-0.15, -0.1) is 0 Å². The van der Waals surface area contributed by atoms with Crippen molar-refractivity contribution in [3.8, 4) is 0 Å². The van der Waals surface area contributed by atoms with Gasteiger partial charge in [-0.25, -0.2) is 4.79 Å². The zero-order valence-electron chi connectivity index (χ0n) is 17.8. The molecule has 0 aromatic carbocycles. The number of aliphatic carboxylic acids is 1. The number of carboxylic acid groups (broad SMARTS) is 1. The van der Waals surface area contributed by atoms with E-state index in [-0.39, 0.29) is 18.1 Å². The van der Waals surface area contributed by atoms with Crippen LogP contribution in [0.2, 0.25) is 0 Å². The number of hydrogen-bond donors (Lipinski definition) is 7. The van der Waals surface area contributed by atoms with E-state index >= 15 is 0 Å². The molecule has 0 heterocycles. The number of nitrogens with one attached hydrogen (secondary N) is 3. The lowest BCUT2D eigenvalue weighted by molar-refractivity contribution is -0.145. The normalized spacial score (nSPS) is 16.1. The predicted molar refractivity (Wildman–Crippen MR) is 119 cm³/mol. The van der Waals surface area contributed by atoms with Crippen LogP contribution in [0.3, 0.4) is 0 Å². The number of amides is 3. The van der Waals surface area contributed by atoms with Crippen molar-refractivity contribution in [1.29, 1.82) is 0 Å². The van der Waals surface area contributed by atoms with Crippen LogP contribution in [0, 0.1) is 5.92 Å². The summed E-state index contributed by atoms with van der Waals surface area (Å²) < 4.78 is 0. The van der Waals surface area contributed by atoms with Gasteiger partial charge in [0.2, 0.25) is 17.7 Å². The number of hydrogen-bond acceptors (Lipinski definition) is 8. The number of thiol groups is 1. The fourth-order valence-electron chi connectivity index (χ4n) is 2.51. The Bertz CT molecular complexity index is 591. The summed E-state index contributed by atoms with van der Waals surface area (Å²) >= 11 is 5.53. The van der Waals surface area contributed by atoms with Crippen LogP contribution in [0.4, 0.5) is 0 Å². The molecule has 0 spiro atoms. The first kappa shape index (κ1) is 28.5. The van der Waals surface area contributed by atoms with E-state index in [1.54, 1.807) is 0 Å². The van der Waals surface area contributed by atoms with Gasteiger partial charge in [0, 0.05) is 5.75 Å². The Morgan fingerprint density at radius 1 is 1.00 bits per heavy atom. The van der Waals surface area contributed by atoms with Gasteiger partial charge in [-0.2, -0.15) is 24.4 Å². The molecule has 0 radical (unpaired) electrons. The largest absolute Gasteiger partial charge is 0.480 e. The molecule has 12 heteroatoms. The highest BCUT2D eigenvalue weighted by Gasteiger charge is 2.31. The van der Waals surface area contributed by atoms with Gasteiger partial charge in [0.25, 0.3) is 0 Å². The molecule has 0 aromatic rings. The van der Waals surface area contributed by atoms with E-state index in [0.717, 1.165) is 0 Å². The molecule has 0 rings (SSSR count). The van der Waals surface area contributed by atoms with Crippen molar-refractivity contribution in [2.75, 3.05) is 17.8 Å². The zero-order valence-corrected chi connectivity index (χ0v) is 19.5. The number of rotatable bonds is 14.